The third-order valence-electron chi connectivity index (χ3n) is 2.10. The van der Waals surface area contributed by atoms with Gasteiger partial charge in [0.05, 0.1) is 23.5 Å². The maximum Gasteiger partial charge on any atom is 0.574 e. The second-order valence-electron chi connectivity index (χ2n) is 3.53. The van der Waals surface area contributed by atoms with Crippen molar-refractivity contribution in [3.8, 4) is 5.88 Å². The number of aromatic nitrogens is 1. The first-order chi connectivity index (χ1) is 9.65. The molecule has 7 nitrogen and oxygen atoms in total. The molecule has 1 aromatic heterocycles. The first kappa shape index (κ1) is 16.6. The average Bonchev–Trinajstić information content (AvgIpc) is 2.32. The summed E-state index contributed by atoms with van der Waals surface area (Å²) in [5, 5.41) is 10.7. The molecule has 0 fully saturated rings. The van der Waals surface area contributed by atoms with Gasteiger partial charge in [-0.3, -0.25) is 14.9 Å². The number of alkyl halides is 3. The zero-order valence-electron chi connectivity index (χ0n) is 10.4. The lowest BCUT2D eigenvalue weighted by Crippen LogP contribution is -2.20. The lowest BCUT2D eigenvalue weighted by molar-refractivity contribution is -0.386. The summed E-state index contributed by atoms with van der Waals surface area (Å²) in [6.45, 7) is 1.36. The van der Waals surface area contributed by atoms with Crippen molar-refractivity contribution in [1.29, 1.82) is 0 Å². The van der Waals surface area contributed by atoms with Crippen LogP contribution in [-0.2, 0) is 16.0 Å². The Hall–Kier alpha value is -2.46. The average molecular weight is 312 g/mol. The normalized spacial score (nSPS) is 11.1. The molecule has 0 unspecified atom stereocenters. The molecule has 0 radical (unpaired) electrons. The largest absolute Gasteiger partial charge is 0.574 e. The van der Waals surface area contributed by atoms with Crippen LogP contribution in [0.3, 0.4) is 0 Å². The van der Waals surface area contributed by atoms with Gasteiger partial charge in [-0.1, -0.05) is 0 Å². The van der Waals surface area contributed by atoms with E-state index in [1.165, 1.54) is 6.92 Å². The molecule has 1 aromatic rings. The number of rotatable bonds is 5. The van der Waals surface area contributed by atoms with Crippen LogP contribution in [0.25, 0.3) is 0 Å². The van der Waals surface area contributed by atoms with Gasteiger partial charge in [0.2, 0.25) is 0 Å². The van der Waals surface area contributed by atoms with E-state index in [0.717, 1.165) is 0 Å². The van der Waals surface area contributed by atoms with E-state index in [-0.39, 0.29) is 6.61 Å². The van der Waals surface area contributed by atoms with E-state index in [1.807, 2.05) is 0 Å². The Morgan fingerprint density at radius 1 is 1.48 bits per heavy atom. The van der Waals surface area contributed by atoms with Gasteiger partial charge in [0.25, 0.3) is 11.6 Å². The summed E-state index contributed by atoms with van der Waals surface area (Å²) < 4.78 is 57.7. The molecule has 0 amide bonds. The van der Waals surface area contributed by atoms with Gasteiger partial charge < -0.3 is 9.47 Å². The van der Waals surface area contributed by atoms with E-state index in [4.69, 9.17) is 0 Å². The third-order valence-corrected chi connectivity index (χ3v) is 2.10. The number of nitro groups is 1. The molecule has 0 saturated heterocycles. The summed E-state index contributed by atoms with van der Waals surface area (Å²) in [6, 6.07) is 0. The minimum absolute atomic E-state index is 0.0781. The topological polar surface area (TPSA) is 91.6 Å². The summed E-state index contributed by atoms with van der Waals surface area (Å²) in [6.07, 6.45) is -5.78. The van der Waals surface area contributed by atoms with Gasteiger partial charge in [-0.2, -0.15) is 0 Å². The Balaban J connectivity index is 3.24. The lowest BCUT2D eigenvalue weighted by atomic mass is 10.1. The van der Waals surface area contributed by atoms with Crippen molar-refractivity contribution in [2.75, 3.05) is 6.61 Å². The van der Waals surface area contributed by atoms with Crippen molar-refractivity contribution >= 4 is 11.7 Å². The molecule has 0 aliphatic heterocycles. The summed E-state index contributed by atoms with van der Waals surface area (Å²) in [5.74, 6) is -4.29. The van der Waals surface area contributed by atoms with Gasteiger partial charge in [-0.15, -0.1) is 13.2 Å². The van der Waals surface area contributed by atoms with Crippen LogP contribution in [0.5, 0.6) is 5.88 Å². The number of carbonyl (C=O) groups is 1. The third kappa shape index (κ3) is 4.54. The monoisotopic (exact) mass is 312 g/mol. The highest BCUT2D eigenvalue weighted by Gasteiger charge is 2.35. The molecule has 0 atom stereocenters. The molecule has 21 heavy (non-hydrogen) atoms. The van der Waals surface area contributed by atoms with E-state index in [9.17, 15) is 32.5 Å². The predicted octanol–water partition coefficient (Wildman–Crippen LogP) is 2.13. The molecule has 1 rings (SSSR count). The fourth-order valence-electron chi connectivity index (χ4n) is 1.36. The number of pyridine rings is 1. The maximum atomic E-state index is 13.8. The number of esters is 1. The molecule has 11 heteroatoms. The highest BCUT2D eigenvalue weighted by molar-refractivity contribution is 5.74. The van der Waals surface area contributed by atoms with Crippen molar-refractivity contribution in [3.05, 3.63) is 27.7 Å². The summed E-state index contributed by atoms with van der Waals surface area (Å²) in [7, 11) is 0. The number of nitrogens with zero attached hydrogens (tertiary/aromatic N) is 2. The van der Waals surface area contributed by atoms with Crippen LogP contribution in [0.4, 0.5) is 23.2 Å². The molecule has 116 valence electrons. The van der Waals surface area contributed by atoms with E-state index >= 15 is 0 Å². The fraction of sp³-hybridized carbons (Fsp3) is 0.400. The fourth-order valence-corrected chi connectivity index (χ4v) is 1.36. The Labute approximate surface area is 114 Å². The molecule has 0 bridgehead atoms. The van der Waals surface area contributed by atoms with Crippen LogP contribution in [0.2, 0.25) is 0 Å². The highest BCUT2D eigenvalue weighted by atomic mass is 19.4. The minimum Gasteiger partial charge on any atom is -0.466 e. The second kappa shape index (κ2) is 6.33. The molecule has 0 aliphatic rings. The number of hydrogen-bond acceptors (Lipinski definition) is 6. The van der Waals surface area contributed by atoms with Crippen LogP contribution in [0.1, 0.15) is 12.5 Å². The van der Waals surface area contributed by atoms with Crippen LogP contribution in [0, 0.1) is 15.9 Å². The van der Waals surface area contributed by atoms with E-state index in [1.54, 1.807) is 0 Å². The van der Waals surface area contributed by atoms with Gasteiger partial charge in [0, 0.05) is 0 Å². The van der Waals surface area contributed by atoms with Crippen LogP contribution in [0.15, 0.2) is 6.20 Å². The highest BCUT2D eigenvalue weighted by Crippen LogP contribution is 2.30. The van der Waals surface area contributed by atoms with Crippen molar-refractivity contribution in [1.82, 2.24) is 4.98 Å². The molecular weight excluding hydrogens is 304 g/mol. The van der Waals surface area contributed by atoms with Crippen molar-refractivity contribution in [2.45, 2.75) is 19.7 Å². The van der Waals surface area contributed by atoms with Crippen molar-refractivity contribution in [3.63, 3.8) is 0 Å². The van der Waals surface area contributed by atoms with Crippen LogP contribution >= 0.6 is 0 Å². The Bertz CT molecular complexity index is 561. The number of hydrogen-bond donors (Lipinski definition) is 0. The number of ether oxygens (including phenoxy) is 2. The van der Waals surface area contributed by atoms with Gasteiger partial charge in [-0.05, 0) is 6.92 Å². The van der Waals surface area contributed by atoms with E-state index < -0.39 is 46.6 Å². The van der Waals surface area contributed by atoms with E-state index in [2.05, 4.69) is 14.5 Å². The van der Waals surface area contributed by atoms with Gasteiger partial charge in [0.1, 0.15) is 6.20 Å². The zero-order chi connectivity index (χ0) is 16.2. The SMILES string of the molecule is CCOC(=O)Cc1c([N+](=O)[O-])cnc(OC(F)(F)F)c1F. The lowest BCUT2D eigenvalue weighted by Gasteiger charge is -2.10. The second-order valence-corrected chi connectivity index (χ2v) is 3.53. The molecule has 0 saturated carbocycles. The zero-order valence-corrected chi connectivity index (χ0v) is 10.4. The van der Waals surface area contributed by atoms with Gasteiger partial charge in [0.15, 0.2) is 5.82 Å². The Morgan fingerprint density at radius 2 is 2.10 bits per heavy atom. The summed E-state index contributed by atoms with van der Waals surface area (Å²) in [5.41, 5.74) is -1.84. The first-order valence-corrected chi connectivity index (χ1v) is 5.38. The van der Waals surface area contributed by atoms with Crippen LogP contribution in [-0.4, -0.2) is 28.8 Å². The Morgan fingerprint density at radius 3 is 2.57 bits per heavy atom. The first-order valence-electron chi connectivity index (χ1n) is 5.38. The van der Waals surface area contributed by atoms with Crippen molar-refractivity contribution in [2.24, 2.45) is 0 Å². The summed E-state index contributed by atoms with van der Waals surface area (Å²) in [4.78, 5) is 23.7. The molecular formula is C10H8F4N2O5. The summed E-state index contributed by atoms with van der Waals surface area (Å²) >= 11 is 0. The maximum absolute atomic E-state index is 13.8. The van der Waals surface area contributed by atoms with Crippen LogP contribution < -0.4 is 4.74 Å². The Kier molecular flexibility index (Phi) is 5.00. The molecule has 0 spiro atoms. The quantitative estimate of drug-likeness (QED) is 0.358. The van der Waals surface area contributed by atoms with E-state index in [0.29, 0.717) is 6.20 Å². The van der Waals surface area contributed by atoms with Gasteiger partial charge in [-0.25, -0.2) is 9.37 Å². The number of carbonyl (C=O) groups excluding carboxylic acids is 1. The number of halogens is 4. The minimum atomic E-state index is -5.23. The van der Waals surface area contributed by atoms with Crippen molar-refractivity contribution < 1.29 is 36.8 Å². The predicted molar refractivity (Wildman–Crippen MR) is 57.9 cm³/mol. The molecule has 0 aromatic carbocycles. The standard InChI is InChI=1S/C10H8F4N2O5/c1-2-20-7(17)3-5-6(16(18)19)4-15-9(8(5)11)21-10(12,13)14/h4H,2-3H2,1H3. The van der Waals surface area contributed by atoms with Gasteiger partial charge >= 0.3 is 12.3 Å². The molecule has 0 N–H and O–H groups in total. The smallest absolute Gasteiger partial charge is 0.466 e. The molecule has 1 heterocycles. The molecule has 0 aliphatic carbocycles.